The molecule has 3 rings (SSSR count). The number of pyridine rings is 1. The molecule has 1 aromatic heterocycles. The molecule has 5 nitrogen and oxygen atoms in total. The fourth-order valence-electron chi connectivity index (χ4n) is 2.80. The third kappa shape index (κ3) is 3.47. The second kappa shape index (κ2) is 6.94. The first-order chi connectivity index (χ1) is 11.5. The Balaban J connectivity index is 1.99. The molecule has 126 valence electrons. The van der Waals surface area contributed by atoms with E-state index in [1.54, 1.807) is 12.3 Å². The SMILES string of the molecule is O=C(O)N1CC[C@H](N(c2ccc(F)c(Cl)c2)c2ccc(Br)cn2)C1. The number of halogens is 3. The summed E-state index contributed by atoms with van der Waals surface area (Å²) in [7, 11) is 0. The standard InChI is InChI=1S/C16H14BrClFN3O2/c17-10-1-4-15(20-8-10)22(11-2-3-14(19)13(18)7-11)12-5-6-21(9-12)16(23)24/h1-4,7-8,12H,5-6,9H2,(H,23,24)/t12-/m0/s1. The number of benzene rings is 1. The van der Waals surface area contributed by atoms with Gasteiger partial charge in [-0.2, -0.15) is 0 Å². The number of anilines is 2. The minimum atomic E-state index is -0.946. The van der Waals surface area contributed by atoms with E-state index in [-0.39, 0.29) is 11.1 Å². The number of amides is 1. The molecule has 1 atom stereocenters. The van der Waals surface area contributed by atoms with Crippen LogP contribution in [0.25, 0.3) is 0 Å². The van der Waals surface area contributed by atoms with E-state index < -0.39 is 11.9 Å². The van der Waals surface area contributed by atoms with Crippen molar-refractivity contribution in [3.8, 4) is 0 Å². The summed E-state index contributed by atoms with van der Waals surface area (Å²) in [6.07, 6.45) is 1.37. The zero-order valence-corrected chi connectivity index (χ0v) is 14.8. The number of carboxylic acid groups (broad SMARTS) is 1. The number of hydrogen-bond acceptors (Lipinski definition) is 3. The van der Waals surface area contributed by atoms with Crippen LogP contribution in [-0.2, 0) is 0 Å². The number of carbonyl (C=O) groups is 1. The molecule has 1 aliphatic rings. The lowest BCUT2D eigenvalue weighted by molar-refractivity contribution is 0.155. The van der Waals surface area contributed by atoms with E-state index in [4.69, 9.17) is 11.6 Å². The molecule has 1 aromatic carbocycles. The van der Waals surface area contributed by atoms with Crippen LogP contribution in [0.15, 0.2) is 41.0 Å². The maximum absolute atomic E-state index is 13.5. The molecule has 0 saturated carbocycles. The Morgan fingerprint density at radius 3 is 2.79 bits per heavy atom. The molecule has 1 aliphatic heterocycles. The van der Waals surface area contributed by atoms with Crippen LogP contribution in [0.3, 0.4) is 0 Å². The van der Waals surface area contributed by atoms with Crippen molar-refractivity contribution in [2.24, 2.45) is 0 Å². The largest absolute Gasteiger partial charge is 0.465 e. The molecule has 0 bridgehead atoms. The predicted octanol–water partition coefficient (Wildman–Crippen LogP) is 4.53. The average Bonchev–Trinajstić information content (AvgIpc) is 3.03. The van der Waals surface area contributed by atoms with Crippen LogP contribution >= 0.6 is 27.5 Å². The van der Waals surface area contributed by atoms with E-state index in [9.17, 15) is 14.3 Å². The van der Waals surface area contributed by atoms with Gasteiger partial charge in [0.15, 0.2) is 0 Å². The second-order valence-corrected chi connectivity index (χ2v) is 6.80. The van der Waals surface area contributed by atoms with Crippen molar-refractivity contribution >= 4 is 45.1 Å². The van der Waals surface area contributed by atoms with Gasteiger partial charge in [0.2, 0.25) is 0 Å². The number of rotatable bonds is 3. The van der Waals surface area contributed by atoms with Crippen LogP contribution in [0.4, 0.5) is 20.7 Å². The van der Waals surface area contributed by atoms with Crippen molar-refractivity contribution in [2.45, 2.75) is 12.5 Å². The molecule has 8 heteroatoms. The molecule has 0 unspecified atom stereocenters. The van der Waals surface area contributed by atoms with Crippen LogP contribution in [0.1, 0.15) is 6.42 Å². The van der Waals surface area contributed by atoms with E-state index in [1.807, 2.05) is 17.0 Å². The van der Waals surface area contributed by atoms with Gasteiger partial charge in [0, 0.05) is 29.4 Å². The Morgan fingerprint density at radius 1 is 1.42 bits per heavy atom. The van der Waals surface area contributed by atoms with Gasteiger partial charge in [0.1, 0.15) is 11.6 Å². The van der Waals surface area contributed by atoms with Crippen LogP contribution in [0, 0.1) is 5.82 Å². The van der Waals surface area contributed by atoms with Gasteiger partial charge < -0.3 is 14.9 Å². The summed E-state index contributed by atoms with van der Waals surface area (Å²) in [5.74, 6) is 0.154. The van der Waals surface area contributed by atoms with Crippen molar-refractivity contribution in [1.82, 2.24) is 9.88 Å². The van der Waals surface area contributed by atoms with Crippen LogP contribution in [0.5, 0.6) is 0 Å². The minimum absolute atomic E-state index is 0.0164. The highest BCUT2D eigenvalue weighted by Crippen LogP contribution is 2.33. The molecule has 2 aromatic rings. The zero-order valence-electron chi connectivity index (χ0n) is 12.5. The Hall–Kier alpha value is -1.86. The van der Waals surface area contributed by atoms with Crippen molar-refractivity contribution in [3.05, 3.63) is 51.8 Å². The van der Waals surface area contributed by atoms with Gasteiger partial charge in [-0.05, 0) is 52.7 Å². The monoisotopic (exact) mass is 413 g/mol. The summed E-state index contributed by atoms with van der Waals surface area (Å²) in [4.78, 5) is 18.9. The van der Waals surface area contributed by atoms with Crippen molar-refractivity contribution in [2.75, 3.05) is 18.0 Å². The van der Waals surface area contributed by atoms with Gasteiger partial charge in [0.05, 0.1) is 11.1 Å². The van der Waals surface area contributed by atoms with Gasteiger partial charge in [0.25, 0.3) is 0 Å². The third-order valence-corrected chi connectivity index (χ3v) is 4.70. The van der Waals surface area contributed by atoms with Crippen molar-refractivity contribution in [1.29, 1.82) is 0 Å². The summed E-state index contributed by atoms with van der Waals surface area (Å²) in [6.45, 7) is 0.796. The fraction of sp³-hybridized carbons (Fsp3) is 0.250. The van der Waals surface area contributed by atoms with Crippen molar-refractivity contribution in [3.63, 3.8) is 0 Å². The number of hydrogen-bond donors (Lipinski definition) is 1. The maximum Gasteiger partial charge on any atom is 0.407 e. The van der Waals surface area contributed by atoms with Crippen LogP contribution in [-0.4, -0.2) is 40.2 Å². The van der Waals surface area contributed by atoms with E-state index >= 15 is 0 Å². The van der Waals surface area contributed by atoms with Gasteiger partial charge in [-0.15, -0.1) is 0 Å². The Bertz CT molecular complexity index is 759. The normalized spacial score (nSPS) is 17.1. The first-order valence-corrected chi connectivity index (χ1v) is 8.46. The molecule has 2 heterocycles. The molecule has 0 aliphatic carbocycles. The summed E-state index contributed by atoms with van der Waals surface area (Å²) < 4.78 is 14.3. The third-order valence-electron chi connectivity index (χ3n) is 3.94. The fourth-order valence-corrected chi connectivity index (χ4v) is 3.21. The smallest absolute Gasteiger partial charge is 0.407 e. The maximum atomic E-state index is 13.5. The lowest BCUT2D eigenvalue weighted by Gasteiger charge is -2.30. The van der Waals surface area contributed by atoms with E-state index in [2.05, 4.69) is 20.9 Å². The second-order valence-electron chi connectivity index (χ2n) is 5.47. The Labute approximate surface area is 151 Å². The van der Waals surface area contributed by atoms with E-state index in [0.717, 1.165) is 4.47 Å². The molecule has 1 saturated heterocycles. The first kappa shape index (κ1) is 17.0. The lowest BCUT2D eigenvalue weighted by atomic mass is 10.1. The molecule has 1 amide bonds. The number of nitrogens with zero attached hydrogens (tertiary/aromatic N) is 3. The molecule has 0 spiro atoms. The molecular weight excluding hydrogens is 401 g/mol. The van der Waals surface area contributed by atoms with Crippen LogP contribution in [0.2, 0.25) is 5.02 Å². The average molecular weight is 415 g/mol. The van der Waals surface area contributed by atoms with Crippen LogP contribution < -0.4 is 4.90 Å². The van der Waals surface area contributed by atoms with Gasteiger partial charge >= 0.3 is 6.09 Å². The van der Waals surface area contributed by atoms with E-state index in [0.29, 0.717) is 31.0 Å². The molecule has 1 fully saturated rings. The summed E-state index contributed by atoms with van der Waals surface area (Å²) in [5.41, 5.74) is 0.675. The molecule has 24 heavy (non-hydrogen) atoms. The summed E-state index contributed by atoms with van der Waals surface area (Å²) >= 11 is 9.27. The lowest BCUT2D eigenvalue weighted by Crippen LogP contribution is -2.36. The molecule has 0 radical (unpaired) electrons. The highest BCUT2D eigenvalue weighted by Gasteiger charge is 2.32. The first-order valence-electron chi connectivity index (χ1n) is 7.29. The summed E-state index contributed by atoms with van der Waals surface area (Å²) in [6, 6.07) is 8.03. The number of aromatic nitrogens is 1. The Kier molecular flexibility index (Phi) is 4.91. The topological polar surface area (TPSA) is 56.7 Å². The molecular formula is C16H14BrClFN3O2. The van der Waals surface area contributed by atoms with Gasteiger partial charge in [-0.3, -0.25) is 0 Å². The van der Waals surface area contributed by atoms with Gasteiger partial charge in [-0.1, -0.05) is 11.6 Å². The minimum Gasteiger partial charge on any atom is -0.465 e. The predicted molar refractivity (Wildman–Crippen MR) is 93.5 cm³/mol. The highest BCUT2D eigenvalue weighted by atomic mass is 79.9. The Morgan fingerprint density at radius 2 is 2.21 bits per heavy atom. The quantitative estimate of drug-likeness (QED) is 0.802. The van der Waals surface area contributed by atoms with Gasteiger partial charge in [-0.25, -0.2) is 14.2 Å². The number of likely N-dealkylation sites (tertiary alicyclic amines) is 1. The van der Waals surface area contributed by atoms with Crippen molar-refractivity contribution < 1.29 is 14.3 Å². The summed E-state index contributed by atoms with van der Waals surface area (Å²) in [5, 5.41) is 9.20. The zero-order chi connectivity index (χ0) is 17.3. The molecule has 1 N–H and O–H groups in total. The van der Waals surface area contributed by atoms with E-state index in [1.165, 1.54) is 17.0 Å². The highest BCUT2D eigenvalue weighted by molar-refractivity contribution is 9.10.